The van der Waals surface area contributed by atoms with Crippen molar-refractivity contribution in [3.63, 3.8) is 0 Å². The highest BCUT2D eigenvalue weighted by atomic mass is 19.1. The number of H-pyrrole nitrogens is 1. The molecule has 2 aromatic carbocycles. The summed E-state index contributed by atoms with van der Waals surface area (Å²) in [6.45, 7) is 5.13. The van der Waals surface area contributed by atoms with Gasteiger partial charge in [-0.2, -0.15) is 14.9 Å². The molecule has 1 N–H and O–H groups in total. The third kappa shape index (κ3) is 3.06. The number of aromatic amines is 1. The Morgan fingerprint density at radius 1 is 1.19 bits per heavy atom. The molecular weight excluding hydrogens is 409 g/mol. The summed E-state index contributed by atoms with van der Waals surface area (Å²) >= 11 is 0. The average Bonchev–Trinajstić information content (AvgIpc) is 3.20. The van der Waals surface area contributed by atoms with Crippen LogP contribution in [0.3, 0.4) is 0 Å². The third-order valence-corrected chi connectivity index (χ3v) is 6.50. The van der Waals surface area contributed by atoms with Crippen LogP contribution >= 0.6 is 0 Å². The molecule has 2 aliphatic rings. The third-order valence-electron chi connectivity index (χ3n) is 6.50. The van der Waals surface area contributed by atoms with Gasteiger partial charge in [0, 0.05) is 30.8 Å². The first kappa shape index (κ1) is 19.3. The molecule has 2 aromatic heterocycles. The smallest absolute Gasteiger partial charge is 0.273 e. The van der Waals surface area contributed by atoms with Gasteiger partial charge >= 0.3 is 0 Å². The molecule has 2 aliphatic heterocycles. The lowest BCUT2D eigenvalue weighted by molar-refractivity contribution is -0.0163. The Kier molecular flexibility index (Phi) is 4.44. The van der Waals surface area contributed by atoms with Crippen LogP contribution in [0.5, 0.6) is 0 Å². The summed E-state index contributed by atoms with van der Waals surface area (Å²) in [5, 5.41) is 11.9. The molecule has 1 fully saturated rings. The van der Waals surface area contributed by atoms with Crippen molar-refractivity contribution < 1.29 is 9.13 Å². The van der Waals surface area contributed by atoms with Crippen molar-refractivity contribution in [1.29, 1.82) is 0 Å². The number of hydrogen-bond acceptors (Lipinski definition) is 5. The summed E-state index contributed by atoms with van der Waals surface area (Å²) in [5.41, 5.74) is 5.62. The minimum atomic E-state index is -0.488. The number of benzene rings is 2. The highest BCUT2D eigenvalue weighted by molar-refractivity contribution is 5.89. The number of hydrogen-bond donors (Lipinski definition) is 1. The van der Waals surface area contributed by atoms with Crippen LogP contribution in [0.15, 0.2) is 47.3 Å². The summed E-state index contributed by atoms with van der Waals surface area (Å²) in [6, 6.07) is 12.9. The Balaban J connectivity index is 1.46. The molecule has 6 rings (SSSR count). The van der Waals surface area contributed by atoms with E-state index < -0.39 is 11.4 Å². The molecule has 0 unspecified atom stereocenters. The lowest BCUT2D eigenvalue weighted by atomic mass is 9.91. The van der Waals surface area contributed by atoms with E-state index in [1.165, 1.54) is 23.3 Å². The maximum absolute atomic E-state index is 14.6. The van der Waals surface area contributed by atoms with E-state index in [9.17, 15) is 9.18 Å². The van der Waals surface area contributed by atoms with E-state index in [0.717, 1.165) is 43.0 Å². The molecule has 1 saturated heterocycles. The van der Waals surface area contributed by atoms with Gasteiger partial charge in [-0.25, -0.2) is 4.39 Å². The number of morpholine rings is 1. The maximum Gasteiger partial charge on any atom is 0.273 e. The molecule has 0 aliphatic carbocycles. The van der Waals surface area contributed by atoms with Gasteiger partial charge in [0.25, 0.3) is 5.56 Å². The Morgan fingerprint density at radius 2 is 2.09 bits per heavy atom. The van der Waals surface area contributed by atoms with Crippen LogP contribution in [-0.2, 0) is 17.7 Å². The van der Waals surface area contributed by atoms with Gasteiger partial charge in [0.2, 0.25) is 0 Å². The zero-order valence-corrected chi connectivity index (χ0v) is 17.6. The number of rotatable bonds is 2. The summed E-state index contributed by atoms with van der Waals surface area (Å²) in [5.74, 6) is -0.488. The molecule has 0 bridgehead atoms. The van der Waals surface area contributed by atoms with Gasteiger partial charge in [-0.05, 0) is 42.2 Å². The van der Waals surface area contributed by atoms with Crippen LogP contribution in [-0.4, -0.2) is 50.7 Å². The first-order valence-corrected chi connectivity index (χ1v) is 10.8. The summed E-state index contributed by atoms with van der Waals surface area (Å²) in [7, 11) is 0. The van der Waals surface area contributed by atoms with Crippen molar-refractivity contribution >= 4 is 11.0 Å². The fourth-order valence-corrected chi connectivity index (χ4v) is 4.82. The monoisotopic (exact) mass is 431 g/mol. The van der Waals surface area contributed by atoms with Crippen LogP contribution in [0.25, 0.3) is 28.0 Å². The molecule has 0 radical (unpaired) electrons. The van der Waals surface area contributed by atoms with Crippen molar-refractivity contribution in [2.75, 3.05) is 19.8 Å². The molecule has 162 valence electrons. The van der Waals surface area contributed by atoms with E-state index in [-0.39, 0.29) is 5.69 Å². The second kappa shape index (κ2) is 7.36. The largest absolute Gasteiger partial charge is 0.378 e. The Bertz CT molecular complexity index is 1390. The topological polar surface area (TPSA) is 76.0 Å². The summed E-state index contributed by atoms with van der Waals surface area (Å²) in [4.78, 5) is 15.1. The summed E-state index contributed by atoms with van der Waals surface area (Å²) < 4.78 is 21.3. The van der Waals surface area contributed by atoms with Crippen molar-refractivity contribution in [2.45, 2.75) is 25.9 Å². The molecular formula is C24H22FN5O2. The Morgan fingerprint density at radius 3 is 2.97 bits per heavy atom. The highest BCUT2D eigenvalue weighted by Gasteiger charge is 2.29. The van der Waals surface area contributed by atoms with Crippen LogP contribution in [0.2, 0.25) is 0 Å². The van der Waals surface area contributed by atoms with Crippen molar-refractivity contribution in [3.05, 3.63) is 75.3 Å². The number of halogens is 1. The molecule has 0 amide bonds. The zero-order chi connectivity index (χ0) is 21.8. The molecule has 32 heavy (non-hydrogen) atoms. The van der Waals surface area contributed by atoms with E-state index in [4.69, 9.17) is 4.74 Å². The lowest BCUT2D eigenvalue weighted by Crippen LogP contribution is -2.48. The maximum atomic E-state index is 14.6. The molecule has 4 aromatic rings. The minimum Gasteiger partial charge on any atom is -0.378 e. The molecule has 8 heteroatoms. The average molecular weight is 431 g/mol. The van der Waals surface area contributed by atoms with Crippen LogP contribution in [0, 0.1) is 12.7 Å². The Hall–Kier alpha value is -3.36. The fourth-order valence-electron chi connectivity index (χ4n) is 4.82. The number of nitrogens with one attached hydrogen (secondary N) is 1. The highest BCUT2D eigenvalue weighted by Crippen LogP contribution is 2.31. The number of aryl methyl sites for hydroxylation is 1. The number of fused-ring (bicyclic) bond motifs is 3. The molecule has 0 saturated carbocycles. The second-order valence-electron chi connectivity index (χ2n) is 8.52. The number of aromatic nitrogens is 4. The predicted octanol–water partition coefficient (Wildman–Crippen LogP) is 2.98. The fraction of sp³-hybridized carbons (Fsp3) is 0.292. The first-order valence-electron chi connectivity index (χ1n) is 10.8. The van der Waals surface area contributed by atoms with E-state index in [2.05, 4.69) is 32.3 Å². The Labute approximate surface area is 183 Å². The van der Waals surface area contributed by atoms with Gasteiger partial charge in [0.05, 0.1) is 18.7 Å². The van der Waals surface area contributed by atoms with Crippen LogP contribution in [0.4, 0.5) is 4.39 Å². The van der Waals surface area contributed by atoms with E-state index >= 15 is 0 Å². The van der Waals surface area contributed by atoms with Crippen molar-refractivity contribution in [1.82, 2.24) is 24.9 Å². The predicted molar refractivity (Wildman–Crippen MR) is 118 cm³/mol. The van der Waals surface area contributed by atoms with E-state index in [1.54, 1.807) is 19.1 Å². The lowest BCUT2D eigenvalue weighted by Gasteiger charge is -2.40. The molecule has 1 atom stereocenters. The number of ether oxygens (including phenoxy) is 1. The number of para-hydroxylation sites is 1. The minimum absolute atomic E-state index is 0.162. The van der Waals surface area contributed by atoms with Crippen molar-refractivity contribution in [2.24, 2.45) is 0 Å². The van der Waals surface area contributed by atoms with Gasteiger partial charge in [-0.1, -0.05) is 24.3 Å². The van der Waals surface area contributed by atoms with Gasteiger partial charge in [0.1, 0.15) is 22.7 Å². The van der Waals surface area contributed by atoms with Crippen LogP contribution in [0.1, 0.15) is 16.7 Å². The quantitative estimate of drug-likeness (QED) is 0.528. The van der Waals surface area contributed by atoms with Crippen molar-refractivity contribution in [3.8, 4) is 16.9 Å². The standard InChI is InChI=1S/C24H22FN5O2/c1-14-3-2-4-19(25)24(14)30-21(31)11-20-23(28-30)22(27-26-20)16-6-5-15-10-18-13-32-8-7-29(18)12-17(15)9-16/h2-6,9,11,18,26H,7-8,10,12-13H2,1H3/t18-/m0/s1. The van der Waals surface area contributed by atoms with E-state index in [1.807, 2.05) is 6.07 Å². The molecule has 7 nitrogen and oxygen atoms in total. The summed E-state index contributed by atoms with van der Waals surface area (Å²) in [6.07, 6.45) is 0.973. The molecule has 0 spiro atoms. The molecule has 4 heterocycles. The van der Waals surface area contributed by atoms with Gasteiger partial charge in [0.15, 0.2) is 0 Å². The van der Waals surface area contributed by atoms with Gasteiger partial charge in [-0.15, -0.1) is 0 Å². The number of nitrogens with zero attached hydrogens (tertiary/aromatic N) is 4. The zero-order valence-electron chi connectivity index (χ0n) is 17.6. The van der Waals surface area contributed by atoms with Gasteiger partial charge < -0.3 is 4.74 Å². The SMILES string of the molecule is Cc1cccc(F)c1-n1nc2c(-c3ccc4c(c3)CN3CCOC[C@@H]3C4)n[nH]c2cc1=O. The van der Waals surface area contributed by atoms with Crippen LogP contribution < -0.4 is 5.56 Å². The van der Waals surface area contributed by atoms with Gasteiger partial charge in [-0.3, -0.25) is 14.8 Å². The first-order chi connectivity index (χ1) is 15.6. The second-order valence-corrected chi connectivity index (χ2v) is 8.52. The van der Waals surface area contributed by atoms with E-state index in [0.29, 0.717) is 28.3 Å². The normalized spacial score (nSPS) is 18.5.